The molecule has 3 aromatic rings. The molecule has 3 rings (SSSR count). The number of carbonyl (C=O) groups excluding carboxylic acids is 1. The average molecular weight is 545 g/mol. The molecule has 0 radical (unpaired) electrons. The predicted octanol–water partition coefficient (Wildman–Crippen LogP) is 6.13. The molecule has 0 spiro atoms. The first-order valence-corrected chi connectivity index (χ1v) is 11.4. The summed E-state index contributed by atoms with van der Waals surface area (Å²) in [5.41, 5.74) is 5.33. The number of hydrazone groups is 1. The van der Waals surface area contributed by atoms with Crippen LogP contribution in [-0.4, -0.2) is 18.2 Å². The first kappa shape index (κ1) is 23.0. The summed E-state index contributed by atoms with van der Waals surface area (Å²) in [5.74, 6) is 0.495. The maximum Gasteiger partial charge on any atom is 0.262 e. The molecule has 0 aliphatic rings. The molecule has 160 valence electrons. The number of hydrogen-bond acceptors (Lipinski definition) is 4. The Morgan fingerprint density at radius 1 is 1.03 bits per heavy atom. The van der Waals surface area contributed by atoms with Crippen molar-refractivity contribution in [2.45, 2.75) is 26.0 Å². The Bertz CT molecular complexity index is 1040. The normalized spacial score (nSPS) is 11.8. The zero-order valence-electron chi connectivity index (χ0n) is 17.0. The molecular weight excluding hydrogens is 522 g/mol. The number of benzene rings is 3. The van der Waals surface area contributed by atoms with Crippen molar-refractivity contribution in [2.75, 3.05) is 5.32 Å². The van der Waals surface area contributed by atoms with Gasteiger partial charge in [-0.15, -0.1) is 0 Å². The van der Waals surface area contributed by atoms with E-state index in [1.807, 2.05) is 79.7 Å². The number of rotatable bonds is 9. The first-order chi connectivity index (χ1) is 15.0. The van der Waals surface area contributed by atoms with Gasteiger partial charge < -0.3 is 10.1 Å². The van der Waals surface area contributed by atoms with E-state index < -0.39 is 0 Å². The van der Waals surface area contributed by atoms with Crippen LogP contribution in [0.4, 0.5) is 5.69 Å². The molecule has 0 saturated carbocycles. The lowest BCUT2D eigenvalue weighted by atomic mass is 10.2. The topological polar surface area (TPSA) is 62.7 Å². The Balaban J connectivity index is 1.59. The zero-order chi connectivity index (χ0) is 22.1. The molecule has 0 aliphatic heterocycles. The summed E-state index contributed by atoms with van der Waals surface area (Å²) in [6.45, 7) is 2.39. The number of para-hydroxylation sites is 1. The number of halogens is 2. The number of carbonyl (C=O) groups is 1. The standard InChI is InChI=1S/C24H23Br2N3O2/c1-2-22(28-21-12-10-19(25)11-13-21)24(30)29-27-15-18-7-3-4-9-23(18)31-16-17-6-5-8-20(26)14-17/h3-15,22,28H,2,16H2,1H3,(H,29,30)/b27-15-/t22-/m1/s1. The van der Waals surface area contributed by atoms with Gasteiger partial charge in [-0.2, -0.15) is 5.10 Å². The number of ether oxygens (including phenoxy) is 1. The van der Waals surface area contributed by atoms with Crippen molar-refractivity contribution in [2.24, 2.45) is 5.10 Å². The molecule has 7 heteroatoms. The van der Waals surface area contributed by atoms with E-state index in [-0.39, 0.29) is 11.9 Å². The second kappa shape index (κ2) is 11.7. The van der Waals surface area contributed by atoms with E-state index in [2.05, 4.69) is 47.7 Å². The molecule has 2 N–H and O–H groups in total. The minimum Gasteiger partial charge on any atom is -0.488 e. The second-order valence-electron chi connectivity index (χ2n) is 6.80. The highest BCUT2D eigenvalue weighted by Gasteiger charge is 2.15. The van der Waals surface area contributed by atoms with E-state index in [1.165, 1.54) is 0 Å². The fourth-order valence-electron chi connectivity index (χ4n) is 2.85. The summed E-state index contributed by atoms with van der Waals surface area (Å²) < 4.78 is 7.95. The third-order valence-corrected chi connectivity index (χ3v) is 5.51. The van der Waals surface area contributed by atoms with Gasteiger partial charge in [0.2, 0.25) is 0 Å². The predicted molar refractivity (Wildman–Crippen MR) is 132 cm³/mol. The van der Waals surface area contributed by atoms with Crippen LogP contribution in [0.5, 0.6) is 5.75 Å². The number of hydrogen-bond donors (Lipinski definition) is 2. The molecule has 5 nitrogen and oxygen atoms in total. The van der Waals surface area contributed by atoms with E-state index in [4.69, 9.17) is 4.74 Å². The van der Waals surface area contributed by atoms with E-state index in [9.17, 15) is 4.79 Å². The highest BCUT2D eigenvalue weighted by atomic mass is 79.9. The van der Waals surface area contributed by atoms with Crippen LogP contribution < -0.4 is 15.5 Å². The van der Waals surface area contributed by atoms with E-state index >= 15 is 0 Å². The summed E-state index contributed by atoms with van der Waals surface area (Å²) in [7, 11) is 0. The number of amides is 1. The molecule has 3 aromatic carbocycles. The summed E-state index contributed by atoms with van der Waals surface area (Å²) >= 11 is 6.88. The van der Waals surface area contributed by atoms with Crippen LogP contribution in [0.3, 0.4) is 0 Å². The quantitative estimate of drug-likeness (QED) is 0.251. The molecular formula is C24H23Br2N3O2. The summed E-state index contributed by atoms with van der Waals surface area (Å²) in [6.07, 6.45) is 2.23. The van der Waals surface area contributed by atoms with Gasteiger partial charge in [0.15, 0.2) is 0 Å². The lowest BCUT2D eigenvalue weighted by Gasteiger charge is -2.16. The molecule has 0 fully saturated rings. The molecule has 1 atom stereocenters. The van der Waals surface area contributed by atoms with E-state index in [1.54, 1.807) is 6.21 Å². The number of nitrogens with one attached hydrogen (secondary N) is 2. The highest BCUT2D eigenvalue weighted by Crippen LogP contribution is 2.19. The first-order valence-electron chi connectivity index (χ1n) is 9.86. The third kappa shape index (κ3) is 7.22. The molecule has 0 bridgehead atoms. The molecule has 31 heavy (non-hydrogen) atoms. The van der Waals surface area contributed by atoms with Gasteiger partial charge in [0.1, 0.15) is 18.4 Å². The van der Waals surface area contributed by atoms with Gasteiger partial charge in [0, 0.05) is 20.2 Å². The average Bonchev–Trinajstić information content (AvgIpc) is 2.78. The van der Waals surface area contributed by atoms with Crippen LogP contribution in [0.15, 0.2) is 86.8 Å². The van der Waals surface area contributed by atoms with Crippen LogP contribution in [0.1, 0.15) is 24.5 Å². The molecule has 0 heterocycles. The largest absolute Gasteiger partial charge is 0.488 e. The van der Waals surface area contributed by atoms with Crippen molar-refractivity contribution < 1.29 is 9.53 Å². The van der Waals surface area contributed by atoms with Crippen molar-refractivity contribution in [3.63, 3.8) is 0 Å². The summed E-state index contributed by atoms with van der Waals surface area (Å²) in [4.78, 5) is 12.5. The van der Waals surface area contributed by atoms with Crippen LogP contribution >= 0.6 is 31.9 Å². The Morgan fingerprint density at radius 2 is 1.81 bits per heavy atom. The minimum absolute atomic E-state index is 0.200. The molecule has 1 amide bonds. The summed E-state index contributed by atoms with van der Waals surface area (Å²) in [5, 5.41) is 7.36. The van der Waals surface area contributed by atoms with Crippen molar-refractivity contribution in [3.05, 3.63) is 92.9 Å². The molecule has 0 aromatic heterocycles. The maximum atomic E-state index is 12.5. The molecule has 0 saturated heterocycles. The van der Waals surface area contributed by atoms with Crippen molar-refractivity contribution >= 4 is 49.7 Å². The number of nitrogens with zero attached hydrogens (tertiary/aromatic N) is 1. The third-order valence-electron chi connectivity index (χ3n) is 4.49. The SMILES string of the molecule is CC[C@@H](Nc1ccc(Br)cc1)C(=O)N/N=C\c1ccccc1OCc1cccc(Br)c1. The van der Waals surface area contributed by atoms with Gasteiger partial charge in [0.05, 0.1) is 6.21 Å². The van der Waals surface area contributed by atoms with Crippen molar-refractivity contribution in [1.29, 1.82) is 0 Å². The Kier molecular flexibility index (Phi) is 8.67. The van der Waals surface area contributed by atoms with E-state index in [0.29, 0.717) is 18.8 Å². The molecule has 0 unspecified atom stereocenters. The van der Waals surface area contributed by atoms with Gasteiger partial charge in [-0.05, 0) is 60.5 Å². The van der Waals surface area contributed by atoms with Crippen molar-refractivity contribution in [3.8, 4) is 5.75 Å². The van der Waals surface area contributed by atoms with Gasteiger partial charge >= 0.3 is 0 Å². The Morgan fingerprint density at radius 3 is 2.55 bits per heavy atom. The van der Waals surface area contributed by atoms with Crippen molar-refractivity contribution in [1.82, 2.24) is 5.43 Å². The Hall–Kier alpha value is -2.64. The van der Waals surface area contributed by atoms with Gasteiger partial charge in [-0.3, -0.25) is 4.79 Å². The highest BCUT2D eigenvalue weighted by molar-refractivity contribution is 9.10. The molecule has 0 aliphatic carbocycles. The summed E-state index contributed by atoms with van der Waals surface area (Å²) in [6, 6.07) is 22.8. The van der Waals surface area contributed by atoms with Crippen LogP contribution in [0, 0.1) is 0 Å². The second-order valence-corrected chi connectivity index (χ2v) is 8.63. The van der Waals surface area contributed by atoms with Crippen LogP contribution in [-0.2, 0) is 11.4 Å². The van der Waals surface area contributed by atoms with Crippen LogP contribution in [0.25, 0.3) is 0 Å². The van der Waals surface area contributed by atoms with E-state index in [0.717, 1.165) is 25.8 Å². The number of anilines is 1. The smallest absolute Gasteiger partial charge is 0.262 e. The maximum absolute atomic E-state index is 12.5. The Labute approximate surface area is 199 Å². The lowest BCUT2D eigenvalue weighted by molar-refractivity contribution is -0.121. The van der Waals surface area contributed by atoms with Gasteiger partial charge in [0.25, 0.3) is 5.91 Å². The van der Waals surface area contributed by atoms with Crippen LogP contribution in [0.2, 0.25) is 0 Å². The zero-order valence-corrected chi connectivity index (χ0v) is 20.2. The van der Waals surface area contributed by atoms with Gasteiger partial charge in [-0.1, -0.05) is 63.0 Å². The minimum atomic E-state index is -0.388. The fourth-order valence-corrected chi connectivity index (χ4v) is 3.56. The van der Waals surface area contributed by atoms with Gasteiger partial charge in [-0.25, -0.2) is 5.43 Å². The fraction of sp³-hybridized carbons (Fsp3) is 0.167. The lowest BCUT2D eigenvalue weighted by Crippen LogP contribution is -2.36. The monoisotopic (exact) mass is 543 g/mol.